The van der Waals surface area contributed by atoms with Gasteiger partial charge in [0, 0.05) is 25.9 Å². The first-order valence-corrected chi connectivity index (χ1v) is 10.3. The van der Waals surface area contributed by atoms with Gasteiger partial charge in [0.2, 0.25) is 11.8 Å². The zero-order valence-corrected chi connectivity index (χ0v) is 17.6. The van der Waals surface area contributed by atoms with Gasteiger partial charge in [0.25, 0.3) is 0 Å². The summed E-state index contributed by atoms with van der Waals surface area (Å²) in [4.78, 5) is 41.6. The average molecular weight is 402 g/mol. The Bertz CT molecular complexity index is 779. The first-order valence-electron chi connectivity index (χ1n) is 10.3. The summed E-state index contributed by atoms with van der Waals surface area (Å²) >= 11 is 0. The molecular weight excluding hydrogens is 370 g/mol. The standard InChI is InChI=1S/C22H31N3O4/c1-16(21(28)23-12-6-13-24(2)3)25-14-11-22(10-9-20(25)27)15-18(26)17-7-4-5-8-19(17)29-22/h4-5,7-8,16H,6,9-15H2,1-3H3,(H,23,28)/t16-,22-/m1/s1. The SMILES string of the molecule is C[C@H](C(=O)NCCCN(C)C)N1CC[C@]2(CCC1=O)CC(=O)c1ccccc1O2. The minimum atomic E-state index is -0.669. The highest BCUT2D eigenvalue weighted by atomic mass is 16.5. The fourth-order valence-electron chi connectivity index (χ4n) is 4.08. The third-order valence-corrected chi connectivity index (χ3v) is 5.85. The van der Waals surface area contributed by atoms with Gasteiger partial charge in [-0.2, -0.15) is 0 Å². The molecule has 0 unspecified atom stereocenters. The van der Waals surface area contributed by atoms with Crippen LogP contribution in [0.15, 0.2) is 24.3 Å². The molecule has 0 bridgehead atoms. The van der Waals surface area contributed by atoms with Gasteiger partial charge in [-0.25, -0.2) is 0 Å². The van der Waals surface area contributed by atoms with E-state index in [9.17, 15) is 14.4 Å². The van der Waals surface area contributed by atoms with Gasteiger partial charge in [0.05, 0.1) is 12.0 Å². The molecule has 7 nitrogen and oxygen atoms in total. The number of benzene rings is 1. The van der Waals surface area contributed by atoms with Crippen LogP contribution in [0.2, 0.25) is 0 Å². The lowest BCUT2D eigenvalue weighted by atomic mass is 9.84. The average Bonchev–Trinajstić information content (AvgIpc) is 2.84. The zero-order valence-electron chi connectivity index (χ0n) is 17.6. The normalized spacial score (nSPS) is 22.8. The molecule has 158 valence electrons. The molecule has 2 atom stereocenters. The Balaban J connectivity index is 1.63. The van der Waals surface area contributed by atoms with Gasteiger partial charge in [-0.1, -0.05) is 12.1 Å². The molecule has 1 aromatic rings. The molecule has 2 heterocycles. The first-order chi connectivity index (χ1) is 13.8. The summed E-state index contributed by atoms with van der Waals surface area (Å²) in [5.74, 6) is 0.447. The third kappa shape index (κ3) is 4.96. The van der Waals surface area contributed by atoms with E-state index < -0.39 is 11.6 Å². The Morgan fingerprint density at radius 2 is 2.03 bits per heavy atom. The molecule has 1 fully saturated rings. The van der Waals surface area contributed by atoms with E-state index in [1.807, 2.05) is 32.3 Å². The minimum absolute atomic E-state index is 0.0550. The second-order valence-electron chi connectivity index (χ2n) is 8.34. The van der Waals surface area contributed by atoms with E-state index in [2.05, 4.69) is 10.2 Å². The molecule has 0 aromatic heterocycles. The lowest BCUT2D eigenvalue weighted by Crippen LogP contribution is -2.49. The second kappa shape index (κ2) is 8.95. The number of ketones is 1. The number of Topliss-reactive ketones (excluding diaryl/α,β-unsaturated/α-hetero) is 1. The molecule has 0 saturated carbocycles. The number of ether oxygens (including phenoxy) is 1. The predicted octanol–water partition coefficient (Wildman–Crippen LogP) is 1.86. The Morgan fingerprint density at radius 3 is 2.79 bits per heavy atom. The van der Waals surface area contributed by atoms with Crippen LogP contribution in [-0.4, -0.2) is 72.8 Å². The Kier molecular flexibility index (Phi) is 6.57. The number of amides is 2. The van der Waals surface area contributed by atoms with E-state index in [1.165, 1.54) is 0 Å². The molecule has 2 amide bonds. The smallest absolute Gasteiger partial charge is 0.242 e. The molecule has 1 N–H and O–H groups in total. The highest BCUT2D eigenvalue weighted by Crippen LogP contribution is 2.39. The highest BCUT2D eigenvalue weighted by molar-refractivity contribution is 6.00. The first kappa shape index (κ1) is 21.3. The van der Waals surface area contributed by atoms with Crippen LogP contribution in [0.4, 0.5) is 0 Å². The number of para-hydroxylation sites is 1. The number of rotatable bonds is 6. The van der Waals surface area contributed by atoms with Crippen molar-refractivity contribution in [3.8, 4) is 5.75 Å². The van der Waals surface area contributed by atoms with Gasteiger partial charge in [0.15, 0.2) is 5.78 Å². The van der Waals surface area contributed by atoms with Crippen molar-refractivity contribution in [2.24, 2.45) is 0 Å². The fourth-order valence-corrected chi connectivity index (χ4v) is 4.08. The van der Waals surface area contributed by atoms with E-state index in [0.29, 0.717) is 37.2 Å². The topological polar surface area (TPSA) is 79.0 Å². The van der Waals surface area contributed by atoms with Gasteiger partial charge in [0.1, 0.15) is 17.4 Å². The molecule has 7 heteroatoms. The van der Waals surface area contributed by atoms with Crippen LogP contribution in [0.5, 0.6) is 5.75 Å². The molecule has 1 spiro atoms. The molecule has 1 saturated heterocycles. The van der Waals surface area contributed by atoms with Gasteiger partial charge in [-0.15, -0.1) is 0 Å². The number of fused-ring (bicyclic) bond motifs is 1. The maximum Gasteiger partial charge on any atom is 0.242 e. The van der Waals surface area contributed by atoms with Crippen molar-refractivity contribution in [2.45, 2.75) is 50.7 Å². The number of nitrogens with one attached hydrogen (secondary N) is 1. The number of hydrogen-bond acceptors (Lipinski definition) is 5. The van der Waals surface area contributed by atoms with Crippen molar-refractivity contribution >= 4 is 17.6 Å². The van der Waals surface area contributed by atoms with Crippen molar-refractivity contribution in [1.82, 2.24) is 15.1 Å². The Morgan fingerprint density at radius 1 is 1.28 bits per heavy atom. The maximum atomic E-state index is 12.7. The molecular formula is C22H31N3O4. The maximum absolute atomic E-state index is 12.7. The number of carbonyl (C=O) groups excluding carboxylic acids is 3. The van der Waals surface area contributed by atoms with Gasteiger partial charge in [-0.05, 0) is 52.5 Å². The number of nitrogens with zero attached hydrogens (tertiary/aromatic N) is 2. The number of carbonyl (C=O) groups is 3. The van der Waals surface area contributed by atoms with Crippen LogP contribution < -0.4 is 10.1 Å². The largest absolute Gasteiger partial charge is 0.486 e. The Labute approximate surface area is 172 Å². The summed E-state index contributed by atoms with van der Waals surface area (Å²) in [5, 5.41) is 2.92. The van der Waals surface area contributed by atoms with E-state index in [-0.39, 0.29) is 30.4 Å². The number of likely N-dealkylation sites (tertiary alicyclic amines) is 1. The van der Waals surface area contributed by atoms with Gasteiger partial charge < -0.3 is 19.9 Å². The van der Waals surface area contributed by atoms with Crippen molar-refractivity contribution in [3.05, 3.63) is 29.8 Å². The lowest BCUT2D eigenvalue weighted by Gasteiger charge is -2.37. The fraction of sp³-hybridized carbons (Fsp3) is 0.591. The molecule has 0 radical (unpaired) electrons. The lowest BCUT2D eigenvalue weighted by molar-refractivity contribution is -0.139. The van der Waals surface area contributed by atoms with Crippen LogP contribution in [0.1, 0.15) is 49.4 Å². The quantitative estimate of drug-likeness (QED) is 0.736. The van der Waals surface area contributed by atoms with Crippen molar-refractivity contribution in [2.75, 3.05) is 33.7 Å². The summed E-state index contributed by atoms with van der Waals surface area (Å²) in [6.45, 7) is 3.65. The van der Waals surface area contributed by atoms with Crippen LogP contribution in [0.3, 0.4) is 0 Å². The summed E-state index contributed by atoms with van der Waals surface area (Å²) in [6, 6.07) is 6.73. The van der Waals surface area contributed by atoms with Gasteiger partial charge in [-0.3, -0.25) is 14.4 Å². The molecule has 1 aromatic carbocycles. The molecule has 2 aliphatic heterocycles. The van der Waals surface area contributed by atoms with Crippen molar-refractivity contribution < 1.29 is 19.1 Å². The second-order valence-corrected chi connectivity index (χ2v) is 8.34. The van der Waals surface area contributed by atoms with E-state index in [4.69, 9.17) is 4.74 Å². The molecule has 3 rings (SSSR count). The summed E-state index contributed by atoms with van der Waals surface area (Å²) in [5.41, 5.74) is -0.0615. The minimum Gasteiger partial charge on any atom is -0.486 e. The molecule has 29 heavy (non-hydrogen) atoms. The van der Waals surface area contributed by atoms with Gasteiger partial charge >= 0.3 is 0 Å². The van der Waals surface area contributed by atoms with Crippen LogP contribution >= 0.6 is 0 Å². The van der Waals surface area contributed by atoms with E-state index in [1.54, 1.807) is 17.9 Å². The van der Waals surface area contributed by atoms with Crippen LogP contribution in [-0.2, 0) is 9.59 Å². The summed E-state index contributed by atoms with van der Waals surface area (Å²) in [6.07, 6.45) is 2.43. The van der Waals surface area contributed by atoms with Crippen LogP contribution in [0.25, 0.3) is 0 Å². The van der Waals surface area contributed by atoms with Crippen molar-refractivity contribution in [3.63, 3.8) is 0 Å². The monoisotopic (exact) mass is 401 g/mol. The van der Waals surface area contributed by atoms with Crippen molar-refractivity contribution in [1.29, 1.82) is 0 Å². The highest BCUT2D eigenvalue weighted by Gasteiger charge is 2.44. The zero-order chi connectivity index (χ0) is 21.0. The third-order valence-electron chi connectivity index (χ3n) is 5.85. The predicted molar refractivity (Wildman–Crippen MR) is 110 cm³/mol. The molecule has 0 aliphatic carbocycles. The summed E-state index contributed by atoms with van der Waals surface area (Å²) < 4.78 is 6.24. The Hall–Kier alpha value is -2.41. The van der Waals surface area contributed by atoms with E-state index >= 15 is 0 Å². The summed E-state index contributed by atoms with van der Waals surface area (Å²) in [7, 11) is 3.99. The molecule has 2 aliphatic rings. The van der Waals surface area contributed by atoms with E-state index in [0.717, 1.165) is 13.0 Å². The number of hydrogen-bond donors (Lipinski definition) is 1. The van der Waals surface area contributed by atoms with Crippen LogP contribution in [0, 0.1) is 0 Å².